The van der Waals surface area contributed by atoms with Crippen LogP contribution in [0.3, 0.4) is 0 Å². The van der Waals surface area contributed by atoms with Gasteiger partial charge in [0.25, 0.3) is 0 Å². The van der Waals surface area contributed by atoms with E-state index in [1.807, 2.05) is 13.8 Å². The summed E-state index contributed by atoms with van der Waals surface area (Å²) in [6, 6.07) is 10.6. The number of oxazole rings is 1. The molecule has 6 heteroatoms. The molecule has 1 aromatic heterocycles. The van der Waals surface area contributed by atoms with Crippen molar-refractivity contribution in [1.29, 1.82) is 0 Å². The van der Waals surface area contributed by atoms with E-state index in [0.717, 1.165) is 0 Å². The summed E-state index contributed by atoms with van der Waals surface area (Å²) in [5, 5.41) is 3.67. The van der Waals surface area contributed by atoms with Crippen LogP contribution in [0.4, 0.5) is 5.69 Å². The number of carbonyl (C=O) groups excluding carboxylic acids is 1. The number of amides is 1. The molecule has 0 atom stereocenters. The Kier molecular flexibility index (Phi) is 4.28. The van der Waals surface area contributed by atoms with Gasteiger partial charge in [-0.05, 0) is 24.3 Å². The van der Waals surface area contributed by atoms with E-state index in [4.69, 9.17) is 27.6 Å². The minimum absolute atomic E-state index is 0.0537. The Morgan fingerprint density at radius 1 is 1.22 bits per heavy atom. The molecule has 0 saturated heterocycles. The number of hydrogen-bond acceptors (Lipinski definition) is 3. The van der Waals surface area contributed by atoms with Crippen LogP contribution in [-0.4, -0.2) is 10.9 Å². The lowest BCUT2D eigenvalue weighted by molar-refractivity contribution is -0.118. The molecule has 0 aliphatic carbocycles. The number of fused-ring (bicyclic) bond motifs is 1. The number of carbonyl (C=O) groups is 1. The van der Waals surface area contributed by atoms with Crippen LogP contribution in [0, 0.1) is 5.92 Å². The van der Waals surface area contributed by atoms with Gasteiger partial charge in [-0.3, -0.25) is 4.79 Å². The molecule has 3 rings (SSSR count). The van der Waals surface area contributed by atoms with Crippen LogP contribution >= 0.6 is 23.2 Å². The number of rotatable bonds is 3. The summed E-state index contributed by atoms with van der Waals surface area (Å²) >= 11 is 12.2. The maximum absolute atomic E-state index is 11.8. The van der Waals surface area contributed by atoms with E-state index in [-0.39, 0.29) is 11.8 Å². The normalized spacial score (nSPS) is 11.2. The molecule has 23 heavy (non-hydrogen) atoms. The molecule has 0 fully saturated rings. The van der Waals surface area contributed by atoms with Gasteiger partial charge in [-0.25, -0.2) is 4.98 Å². The Bertz CT molecular complexity index is 887. The second-order valence-corrected chi connectivity index (χ2v) is 6.23. The summed E-state index contributed by atoms with van der Waals surface area (Å²) in [6.07, 6.45) is 0. The highest BCUT2D eigenvalue weighted by Crippen LogP contribution is 2.34. The van der Waals surface area contributed by atoms with Crippen molar-refractivity contribution in [2.75, 3.05) is 5.32 Å². The number of halogens is 2. The second-order valence-electron chi connectivity index (χ2n) is 5.45. The van der Waals surface area contributed by atoms with Crippen molar-refractivity contribution in [2.45, 2.75) is 13.8 Å². The first-order valence-electron chi connectivity index (χ1n) is 7.11. The average molecular weight is 349 g/mol. The van der Waals surface area contributed by atoms with Crippen LogP contribution in [-0.2, 0) is 4.79 Å². The monoisotopic (exact) mass is 348 g/mol. The lowest BCUT2D eigenvalue weighted by Crippen LogP contribution is -2.17. The van der Waals surface area contributed by atoms with Gasteiger partial charge < -0.3 is 9.73 Å². The van der Waals surface area contributed by atoms with E-state index in [1.165, 1.54) is 0 Å². The summed E-state index contributed by atoms with van der Waals surface area (Å²) in [5.74, 6) is 0.239. The Hall–Kier alpha value is -2.04. The van der Waals surface area contributed by atoms with Crippen molar-refractivity contribution in [2.24, 2.45) is 5.92 Å². The summed E-state index contributed by atoms with van der Waals surface area (Å²) in [6.45, 7) is 3.67. The van der Waals surface area contributed by atoms with Crippen LogP contribution < -0.4 is 5.32 Å². The van der Waals surface area contributed by atoms with E-state index in [9.17, 15) is 4.79 Å². The SMILES string of the molecule is CC(C)C(=O)Nc1ccc2nc(-c3cccc(Cl)c3Cl)oc2c1. The molecule has 0 unspecified atom stereocenters. The third kappa shape index (κ3) is 3.19. The number of nitrogens with one attached hydrogen (secondary N) is 1. The molecule has 0 aliphatic rings. The zero-order chi connectivity index (χ0) is 16.6. The highest BCUT2D eigenvalue weighted by Gasteiger charge is 2.14. The Morgan fingerprint density at radius 3 is 2.74 bits per heavy atom. The number of anilines is 1. The zero-order valence-electron chi connectivity index (χ0n) is 12.6. The van der Waals surface area contributed by atoms with Crippen LogP contribution in [0.15, 0.2) is 40.8 Å². The maximum atomic E-state index is 11.8. The molecule has 0 aliphatic heterocycles. The lowest BCUT2D eigenvalue weighted by atomic mass is 10.2. The van der Waals surface area contributed by atoms with Crippen LogP contribution in [0.5, 0.6) is 0 Å². The van der Waals surface area contributed by atoms with Gasteiger partial charge in [-0.2, -0.15) is 0 Å². The van der Waals surface area contributed by atoms with Gasteiger partial charge in [0.1, 0.15) is 5.52 Å². The van der Waals surface area contributed by atoms with E-state index in [2.05, 4.69) is 10.3 Å². The first-order valence-corrected chi connectivity index (χ1v) is 7.87. The Balaban J connectivity index is 1.99. The molecule has 1 amide bonds. The fourth-order valence-electron chi connectivity index (χ4n) is 2.07. The van der Waals surface area contributed by atoms with Gasteiger partial charge in [0.05, 0.1) is 15.6 Å². The molecule has 0 spiro atoms. The number of nitrogens with zero attached hydrogens (tertiary/aromatic N) is 1. The number of aromatic nitrogens is 1. The minimum atomic E-state index is -0.0961. The van der Waals surface area contributed by atoms with Gasteiger partial charge in [0, 0.05) is 17.7 Å². The molecule has 0 saturated carbocycles. The molecule has 1 N–H and O–H groups in total. The summed E-state index contributed by atoms with van der Waals surface area (Å²) in [5.41, 5.74) is 2.54. The second kappa shape index (κ2) is 6.22. The molecular formula is C17H14Cl2N2O2. The van der Waals surface area contributed by atoms with Crippen LogP contribution in [0.2, 0.25) is 10.0 Å². The number of benzene rings is 2. The van der Waals surface area contributed by atoms with Gasteiger partial charge in [0.2, 0.25) is 11.8 Å². The molecule has 118 valence electrons. The smallest absolute Gasteiger partial charge is 0.228 e. The molecule has 3 aromatic rings. The van der Waals surface area contributed by atoms with E-state index >= 15 is 0 Å². The quantitative estimate of drug-likeness (QED) is 0.689. The fraction of sp³-hybridized carbons (Fsp3) is 0.176. The molecule has 0 radical (unpaired) electrons. The number of hydrogen-bond donors (Lipinski definition) is 1. The van der Waals surface area contributed by atoms with Crippen molar-refractivity contribution in [3.05, 3.63) is 46.4 Å². The molecular weight excluding hydrogens is 335 g/mol. The summed E-state index contributed by atoms with van der Waals surface area (Å²) in [4.78, 5) is 16.2. The lowest BCUT2D eigenvalue weighted by Gasteiger charge is -2.06. The predicted octanol–water partition coefficient (Wildman–Crippen LogP) is 5.40. The average Bonchev–Trinajstić information content (AvgIpc) is 2.92. The van der Waals surface area contributed by atoms with Crippen molar-refractivity contribution >= 4 is 45.9 Å². The fourth-order valence-corrected chi connectivity index (χ4v) is 2.45. The highest BCUT2D eigenvalue weighted by molar-refractivity contribution is 6.43. The maximum Gasteiger partial charge on any atom is 0.228 e. The van der Waals surface area contributed by atoms with Crippen molar-refractivity contribution in [1.82, 2.24) is 4.98 Å². The minimum Gasteiger partial charge on any atom is -0.436 e. The summed E-state index contributed by atoms with van der Waals surface area (Å²) in [7, 11) is 0. The third-order valence-electron chi connectivity index (χ3n) is 3.36. The van der Waals surface area contributed by atoms with Crippen molar-refractivity contribution < 1.29 is 9.21 Å². The van der Waals surface area contributed by atoms with Gasteiger partial charge in [-0.15, -0.1) is 0 Å². The summed E-state index contributed by atoms with van der Waals surface area (Å²) < 4.78 is 5.77. The van der Waals surface area contributed by atoms with Gasteiger partial charge in [-0.1, -0.05) is 43.1 Å². The van der Waals surface area contributed by atoms with Crippen LogP contribution in [0.25, 0.3) is 22.6 Å². The van der Waals surface area contributed by atoms with Gasteiger partial charge >= 0.3 is 0 Å². The Morgan fingerprint density at radius 2 is 2.00 bits per heavy atom. The largest absolute Gasteiger partial charge is 0.436 e. The van der Waals surface area contributed by atoms with E-state index in [0.29, 0.717) is 38.3 Å². The Labute approximate surface area is 143 Å². The molecule has 1 heterocycles. The zero-order valence-corrected chi connectivity index (χ0v) is 14.1. The van der Waals surface area contributed by atoms with Gasteiger partial charge in [0.15, 0.2) is 5.58 Å². The van der Waals surface area contributed by atoms with Crippen molar-refractivity contribution in [3.63, 3.8) is 0 Å². The first-order chi connectivity index (χ1) is 11.0. The van der Waals surface area contributed by atoms with Crippen molar-refractivity contribution in [3.8, 4) is 11.5 Å². The topological polar surface area (TPSA) is 55.1 Å². The van der Waals surface area contributed by atoms with Crippen LogP contribution in [0.1, 0.15) is 13.8 Å². The molecule has 2 aromatic carbocycles. The molecule has 0 bridgehead atoms. The predicted molar refractivity (Wildman–Crippen MR) is 92.9 cm³/mol. The first kappa shape index (κ1) is 15.8. The van der Waals surface area contributed by atoms with E-state index < -0.39 is 0 Å². The highest BCUT2D eigenvalue weighted by atomic mass is 35.5. The molecule has 4 nitrogen and oxygen atoms in total. The van der Waals surface area contributed by atoms with E-state index in [1.54, 1.807) is 36.4 Å². The third-order valence-corrected chi connectivity index (χ3v) is 4.18. The standard InChI is InChI=1S/C17H14Cl2N2O2/c1-9(2)16(22)20-10-6-7-13-14(8-10)23-17(21-13)11-4-3-5-12(18)15(11)19/h3-9H,1-2H3,(H,20,22).